The van der Waals surface area contributed by atoms with Gasteiger partial charge in [0.2, 0.25) is 21.8 Å². The third-order valence-electron chi connectivity index (χ3n) is 8.56. The number of unbranched alkanes of at least 4 members (excludes halogenated alkanes) is 6. The lowest BCUT2D eigenvalue weighted by molar-refractivity contribution is -0.165. The Morgan fingerprint density at radius 3 is 1.91 bits per heavy atom. The van der Waals surface area contributed by atoms with Gasteiger partial charge >= 0.3 is 11.9 Å². The van der Waals surface area contributed by atoms with Crippen LogP contribution in [0.1, 0.15) is 96.8 Å². The van der Waals surface area contributed by atoms with Gasteiger partial charge in [0.1, 0.15) is 0 Å². The standard InChI is InChI=1S/C25H45N3O4S.C4H6O6/c1-3-14-21-24-22(28(25(21)30)33(2,31)32)16-20-27(24)23(29)15-10-7-5-4-6-8-11-17-26-18-12-9-13-19-26;5-1(3(7)8)2(6)4(9)10/h21-22,24H,3-20H2,1-2H3;1-2,5-6H,(H,7,8)(H,9,10)/t21-,22+,24-;/m1./s1. The number of piperidine rings is 1. The second kappa shape index (κ2) is 17.9. The summed E-state index contributed by atoms with van der Waals surface area (Å²) in [4.78, 5) is 49.8. The molecule has 2 amide bonds. The van der Waals surface area contributed by atoms with Gasteiger partial charge in [0.05, 0.1) is 24.3 Å². The number of carbonyl (C=O) groups is 4. The number of nitrogens with zero attached hydrogens (tertiary/aromatic N) is 3. The lowest BCUT2D eigenvalue weighted by Crippen LogP contribution is -2.43. The van der Waals surface area contributed by atoms with E-state index in [1.54, 1.807) is 0 Å². The molecule has 3 aliphatic rings. The zero-order valence-corrected chi connectivity index (χ0v) is 26.4. The maximum atomic E-state index is 13.0. The van der Waals surface area contributed by atoms with Crippen molar-refractivity contribution < 1.29 is 48.0 Å². The van der Waals surface area contributed by atoms with E-state index in [1.807, 2.05) is 11.8 Å². The Bertz CT molecular complexity index is 1020. The molecule has 3 heterocycles. The number of likely N-dealkylation sites (tertiary alicyclic amines) is 2. The Labute approximate surface area is 255 Å². The number of carboxylic acids is 2. The smallest absolute Gasteiger partial charge is 0.335 e. The van der Waals surface area contributed by atoms with Gasteiger partial charge in [-0.3, -0.25) is 9.59 Å². The van der Waals surface area contributed by atoms with Crippen molar-refractivity contribution in [3.63, 3.8) is 0 Å². The number of rotatable bonds is 16. The molecule has 14 heteroatoms. The normalized spacial score (nSPS) is 23.8. The second-order valence-corrected chi connectivity index (χ2v) is 13.8. The van der Waals surface area contributed by atoms with E-state index in [4.69, 9.17) is 20.4 Å². The fourth-order valence-corrected chi connectivity index (χ4v) is 7.60. The topological polar surface area (TPSA) is 193 Å². The van der Waals surface area contributed by atoms with Gasteiger partial charge in [0.15, 0.2) is 12.2 Å². The van der Waals surface area contributed by atoms with Gasteiger partial charge in [-0.1, -0.05) is 51.9 Å². The van der Waals surface area contributed by atoms with Gasteiger partial charge in [-0.2, -0.15) is 0 Å². The van der Waals surface area contributed by atoms with E-state index in [0.29, 0.717) is 25.8 Å². The molecule has 3 fully saturated rings. The van der Waals surface area contributed by atoms with Crippen LogP contribution in [0.4, 0.5) is 0 Å². The summed E-state index contributed by atoms with van der Waals surface area (Å²) in [6.07, 6.45) is 11.4. The van der Waals surface area contributed by atoms with Crippen LogP contribution in [0.3, 0.4) is 0 Å². The predicted octanol–water partition coefficient (Wildman–Crippen LogP) is 1.66. The lowest BCUT2D eigenvalue weighted by atomic mass is 9.94. The first-order valence-corrected chi connectivity index (χ1v) is 17.5. The molecule has 0 saturated carbocycles. The number of hydrogen-bond donors (Lipinski definition) is 4. The van der Waals surface area contributed by atoms with E-state index >= 15 is 0 Å². The van der Waals surface area contributed by atoms with Gasteiger partial charge in [0.25, 0.3) is 0 Å². The van der Waals surface area contributed by atoms with Crippen molar-refractivity contribution in [3.05, 3.63) is 0 Å². The quantitative estimate of drug-likeness (QED) is 0.181. The maximum absolute atomic E-state index is 13.0. The number of hydrogen-bond acceptors (Lipinski definition) is 9. The van der Waals surface area contributed by atoms with Crippen LogP contribution in [0.25, 0.3) is 0 Å². The van der Waals surface area contributed by atoms with E-state index in [9.17, 15) is 27.6 Å². The second-order valence-electron chi connectivity index (χ2n) is 11.9. The zero-order valence-electron chi connectivity index (χ0n) is 25.6. The number of carbonyl (C=O) groups excluding carboxylic acids is 2. The van der Waals surface area contributed by atoms with Crippen LogP contribution in [-0.4, -0.2) is 123 Å². The van der Waals surface area contributed by atoms with Crippen LogP contribution in [0.2, 0.25) is 0 Å². The molecule has 0 radical (unpaired) electrons. The van der Waals surface area contributed by atoms with Crippen LogP contribution in [0.5, 0.6) is 0 Å². The highest BCUT2D eigenvalue weighted by Gasteiger charge is 2.56. The van der Waals surface area contributed by atoms with Crippen molar-refractivity contribution in [2.45, 2.75) is 121 Å². The van der Waals surface area contributed by atoms with E-state index in [2.05, 4.69) is 4.90 Å². The first kappa shape index (κ1) is 36.9. The molecule has 0 aromatic rings. The molecule has 2 unspecified atom stereocenters. The number of amides is 2. The molecule has 3 rings (SSSR count). The summed E-state index contributed by atoms with van der Waals surface area (Å²) in [5, 5.41) is 32.5. The van der Waals surface area contributed by atoms with Crippen molar-refractivity contribution in [1.29, 1.82) is 0 Å². The fraction of sp³-hybridized carbons (Fsp3) is 0.862. The molecule has 13 nitrogen and oxygen atoms in total. The first-order chi connectivity index (χ1) is 20.3. The van der Waals surface area contributed by atoms with Crippen LogP contribution in [-0.2, 0) is 29.2 Å². The Hall–Kier alpha value is -2.29. The zero-order chi connectivity index (χ0) is 32.2. The molecular formula is C29H51N3O10S. The molecule has 4 N–H and O–H groups in total. The van der Waals surface area contributed by atoms with E-state index in [0.717, 1.165) is 29.8 Å². The molecule has 248 valence electrons. The van der Waals surface area contributed by atoms with Crippen LogP contribution in [0, 0.1) is 5.92 Å². The van der Waals surface area contributed by atoms with E-state index in [-0.39, 0.29) is 29.8 Å². The molecule has 0 bridgehead atoms. The summed E-state index contributed by atoms with van der Waals surface area (Å²) in [6.45, 7) is 6.38. The number of carboxylic acid groups (broad SMARTS) is 2. The van der Waals surface area contributed by atoms with Crippen molar-refractivity contribution >= 4 is 33.8 Å². The van der Waals surface area contributed by atoms with Crippen LogP contribution >= 0.6 is 0 Å². The monoisotopic (exact) mass is 633 g/mol. The highest BCUT2D eigenvalue weighted by molar-refractivity contribution is 7.88. The maximum Gasteiger partial charge on any atom is 0.335 e. The molecule has 0 spiro atoms. The molecule has 3 aliphatic heterocycles. The van der Waals surface area contributed by atoms with Gasteiger partial charge in [-0.15, -0.1) is 0 Å². The Morgan fingerprint density at radius 1 is 0.860 bits per heavy atom. The summed E-state index contributed by atoms with van der Waals surface area (Å²) >= 11 is 0. The number of fused-ring (bicyclic) bond motifs is 1. The molecule has 5 atom stereocenters. The summed E-state index contributed by atoms with van der Waals surface area (Å²) in [7, 11) is -3.60. The number of aliphatic hydroxyl groups excluding tert-OH is 2. The van der Waals surface area contributed by atoms with E-state index in [1.165, 1.54) is 71.0 Å². The van der Waals surface area contributed by atoms with Crippen LogP contribution < -0.4 is 0 Å². The molecule has 0 aliphatic carbocycles. The summed E-state index contributed by atoms with van der Waals surface area (Å²) < 4.78 is 25.5. The number of aliphatic carboxylic acids is 2. The number of aliphatic hydroxyl groups is 2. The molecular weight excluding hydrogens is 582 g/mol. The molecule has 43 heavy (non-hydrogen) atoms. The first-order valence-electron chi connectivity index (χ1n) is 15.7. The minimum absolute atomic E-state index is 0.0910. The highest BCUT2D eigenvalue weighted by Crippen LogP contribution is 2.40. The van der Waals surface area contributed by atoms with Gasteiger partial charge in [-0.05, 0) is 58.2 Å². The average molecular weight is 634 g/mol. The third kappa shape index (κ3) is 11.0. The largest absolute Gasteiger partial charge is 0.479 e. The van der Waals surface area contributed by atoms with Crippen molar-refractivity contribution in [1.82, 2.24) is 14.1 Å². The minimum atomic E-state index is -3.60. The van der Waals surface area contributed by atoms with Gasteiger partial charge in [-0.25, -0.2) is 22.3 Å². The third-order valence-corrected chi connectivity index (χ3v) is 9.73. The Kier molecular flexibility index (Phi) is 15.3. The highest BCUT2D eigenvalue weighted by atomic mass is 32.2. The molecule has 0 aromatic carbocycles. The fourth-order valence-electron chi connectivity index (χ4n) is 6.41. The Balaban J connectivity index is 0.000000553. The summed E-state index contributed by atoms with van der Waals surface area (Å²) in [5.41, 5.74) is 0. The predicted molar refractivity (Wildman–Crippen MR) is 159 cm³/mol. The summed E-state index contributed by atoms with van der Waals surface area (Å²) in [6, 6.07) is -0.655. The average Bonchev–Trinajstić information content (AvgIpc) is 3.49. The molecule has 0 aromatic heterocycles. The lowest BCUT2D eigenvalue weighted by Gasteiger charge is -2.27. The molecule has 3 saturated heterocycles. The summed E-state index contributed by atoms with van der Waals surface area (Å²) in [5.74, 6) is -4.14. The van der Waals surface area contributed by atoms with Crippen molar-refractivity contribution in [3.8, 4) is 0 Å². The minimum Gasteiger partial charge on any atom is -0.479 e. The van der Waals surface area contributed by atoms with E-state index < -0.39 is 34.2 Å². The van der Waals surface area contributed by atoms with Crippen molar-refractivity contribution in [2.75, 3.05) is 32.4 Å². The Morgan fingerprint density at radius 2 is 1.40 bits per heavy atom. The van der Waals surface area contributed by atoms with Crippen LogP contribution in [0.15, 0.2) is 0 Å². The van der Waals surface area contributed by atoms with Crippen molar-refractivity contribution in [2.24, 2.45) is 5.92 Å². The van der Waals surface area contributed by atoms with Gasteiger partial charge in [0, 0.05) is 13.0 Å². The van der Waals surface area contributed by atoms with Gasteiger partial charge < -0.3 is 30.2 Å². The number of sulfonamides is 1. The SMILES string of the molecule is CCC[C@H]1C(=O)N(S(C)(=O)=O)[C@H]2CCN(C(=O)CCCCCCCCCN3CCCCC3)[C@H]12.O=C(O)C(O)C(O)C(=O)O.